The Balaban J connectivity index is 1.97. The van der Waals surface area contributed by atoms with E-state index in [1.807, 2.05) is 18.2 Å². The Morgan fingerprint density at radius 1 is 1.29 bits per heavy atom. The molecule has 0 spiro atoms. The zero-order chi connectivity index (χ0) is 12.3. The molecule has 1 atom stereocenters. The molecule has 1 aliphatic rings. The number of carbonyl (C=O) groups is 2. The lowest BCUT2D eigenvalue weighted by Gasteiger charge is -2.16. The molecule has 0 aliphatic carbocycles. The number of carboxylic acid groups (broad SMARTS) is 1. The van der Waals surface area contributed by atoms with Crippen molar-refractivity contribution in [2.24, 2.45) is 0 Å². The molecular weight excluding hydrogens is 220 g/mol. The van der Waals surface area contributed by atoms with Gasteiger partial charge in [-0.25, -0.2) is 4.79 Å². The van der Waals surface area contributed by atoms with Gasteiger partial charge in [-0.2, -0.15) is 0 Å². The van der Waals surface area contributed by atoms with Gasteiger partial charge >= 0.3 is 6.09 Å². The first-order valence-corrected chi connectivity index (χ1v) is 5.50. The maximum Gasteiger partial charge on any atom is 0.404 e. The third kappa shape index (κ3) is 2.75. The van der Waals surface area contributed by atoms with E-state index >= 15 is 0 Å². The van der Waals surface area contributed by atoms with Crippen molar-refractivity contribution in [3.05, 3.63) is 35.9 Å². The standard InChI is InChI=1S/C12H14N2O3/c15-11(9-4-2-1-3-5-9)14-7-6-10(8-14)13-12(16)17/h1-5,10,13H,6-8H2,(H,16,17)/t10-/m0/s1. The summed E-state index contributed by atoms with van der Waals surface area (Å²) >= 11 is 0. The van der Waals surface area contributed by atoms with Gasteiger partial charge in [0.1, 0.15) is 0 Å². The Morgan fingerprint density at radius 3 is 2.65 bits per heavy atom. The summed E-state index contributed by atoms with van der Waals surface area (Å²) < 4.78 is 0. The average molecular weight is 234 g/mol. The number of hydrogen-bond acceptors (Lipinski definition) is 2. The van der Waals surface area contributed by atoms with Crippen LogP contribution in [-0.2, 0) is 0 Å². The second-order valence-electron chi connectivity index (χ2n) is 4.05. The predicted molar refractivity (Wildman–Crippen MR) is 61.9 cm³/mol. The summed E-state index contributed by atoms with van der Waals surface area (Å²) in [6, 6.07) is 8.86. The molecule has 2 amide bonds. The van der Waals surface area contributed by atoms with Crippen molar-refractivity contribution < 1.29 is 14.7 Å². The van der Waals surface area contributed by atoms with E-state index in [1.54, 1.807) is 17.0 Å². The van der Waals surface area contributed by atoms with Crippen LogP contribution in [0.5, 0.6) is 0 Å². The van der Waals surface area contributed by atoms with Gasteiger partial charge in [-0.3, -0.25) is 4.79 Å². The minimum atomic E-state index is -1.04. The fraction of sp³-hybridized carbons (Fsp3) is 0.333. The van der Waals surface area contributed by atoms with Crippen LogP contribution in [0.25, 0.3) is 0 Å². The molecule has 0 unspecified atom stereocenters. The Hall–Kier alpha value is -2.04. The molecule has 1 aromatic rings. The molecule has 1 fully saturated rings. The molecule has 2 rings (SSSR count). The number of nitrogens with one attached hydrogen (secondary N) is 1. The summed E-state index contributed by atoms with van der Waals surface area (Å²) in [5, 5.41) is 11.0. The monoisotopic (exact) mass is 234 g/mol. The third-order valence-electron chi connectivity index (χ3n) is 2.82. The van der Waals surface area contributed by atoms with Crippen molar-refractivity contribution in [1.29, 1.82) is 0 Å². The van der Waals surface area contributed by atoms with Crippen LogP contribution in [-0.4, -0.2) is 41.1 Å². The highest BCUT2D eigenvalue weighted by Crippen LogP contribution is 2.13. The van der Waals surface area contributed by atoms with E-state index in [0.29, 0.717) is 25.1 Å². The fourth-order valence-corrected chi connectivity index (χ4v) is 2.00. The molecule has 17 heavy (non-hydrogen) atoms. The number of benzene rings is 1. The second-order valence-corrected chi connectivity index (χ2v) is 4.05. The number of carbonyl (C=O) groups excluding carboxylic acids is 1. The van der Waals surface area contributed by atoms with Crippen molar-refractivity contribution in [3.63, 3.8) is 0 Å². The van der Waals surface area contributed by atoms with Gasteiger partial charge in [0.15, 0.2) is 0 Å². The van der Waals surface area contributed by atoms with Gasteiger partial charge in [0.05, 0.1) is 6.04 Å². The van der Waals surface area contributed by atoms with Crippen molar-refractivity contribution in [1.82, 2.24) is 10.2 Å². The zero-order valence-electron chi connectivity index (χ0n) is 9.30. The molecule has 1 heterocycles. The average Bonchev–Trinajstić information content (AvgIpc) is 2.77. The first-order chi connectivity index (χ1) is 8.16. The minimum Gasteiger partial charge on any atom is -0.465 e. The highest BCUT2D eigenvalue weighted by Gasteiger charge is 2.27. The highest BCUT2D eigenvalue weighted by molar-refractivity contribution is 5.94. The molecule has 1 saturated heterocycles. The minimum absolute atomic E-state index is 0.0414. The zero-order valence-corrected chi connectivity index (χ0v) is 9.30. The van der Waals surface area contributed by atoms with E-state index in [4.69, 9.17) is 5.11 Å². The Labute approximate surface area is 99.0 Å². The van der Waals surface area contributed by atoms with Crippen LogP contribution in [0.3, 0.4) is 0 Å². The molecule has 0 bridgehead atoms. The van der Waals surface area contributed by atoms with E-state index in [-0.39, 0.29) is 11.9 Å². The molecule has 0 saturated carbocycles. The van der Waals surface area contributed by atoms with E-state index in [0.717, 1.165) is 0 Å². The first kappa shape index (κ1) is 11.4. The number of nitrogens with zero attached hydrogens (tertiary/aromatic N) is 1. The van der Waals surface area contributed by atoms with Crippen molar-refractivity contribution in [2.45, 2.75) is 12.5 Å². The lowest BCUT2D eigenvalue weighted by molar-refractivity contribution is 0.0788. The summed E-state index contributed by atoms with van der Waals surface area (Å²) in [6.45, 7) is 1.04. The molecule has 2 N–H and O–H groups in total. The topological polar surface area (TPSA) is 69.6 Å². The Bertz CT molecular complexity index is 419. The summed E-state index contributed by atoms with van der Waals surface area (Å²) in [4.78, 5) is 24.2. The van der Waals surface area contributed by atoms with Crippen molar-refractivity contribution >= 4 is 12.0 Å². The van der Waals surface area contributed by atoms with Crippen LogP contribution >= 0.6 is 0 Å². The smallest absolute Gasteiger partial charge is 0.404 e. The number of rotatable bonds is 2. The molecule has 0 aromatic heterocycles. The maximum atomic E-state index is 12.0. The summed E-state index contributed by atoms with van der Waals surface area (Å²) in [5.41, 5.74) is 0.642. The van der Waals surface area contributed by atoms with E-state index < -0.39 is 6.09 Å². The van der Waals surface area contributed by atoms with Gasteiger partial charge in [-0.15, -0.1) is 0 Å². The second kappa shape index (κ2) is 4.86. The van der Waals surface area contributed by atoms with Gasteiger partial charge in [0.25, 0.3) is 5.91 Å². The van der Waals surface area contributed by atoms with Crippen LogP contribution in [0, 0.1) is 0 Å². The van der Waals surface area contributed by atoms with Crippen molar-refractivity contribution in [2.75, 3.05) is 13.1 Å². The Morgan fingerprint density at radius 2 is 2.00 bits per heavy atom. The summed E-state index contributed by atoms with van der Waals surface area (Å²) in [5.74, 6) is -0.0414. The summed E-state index contributed by atoms with van der Waals surface area (Å²) in [7, 11) is 0. The van der Waals surface area contributed by atoms with Crippen LogP contribution in [0.2, 0.25) is 0 Å². The van der Waals surface area contributed by atoms with E-state index in [2.05, 4.69) is 5.32 Å². The van der Waals surface area contributed by atoms with Crippen LogP contribution in [0.4, 0.5) is 4.79 Å². The molecule has 5 heteroatoms. The highest BCUT2D eigenvalue weighted by atomic mass is 16.4. The molecule has 0 radical (unpaired) electrons. The van der Waals surface area contributed by atoms with Gasteiger partial charge in [0.2, 0.25) is 0 Å². The molecule has 5 nitrogen and oxygen atoms in total. The molecule has 1 aromatic carbocycles. The van der Waals surface area contributed by atoms with Crippen molar-refractivity contribution in [3.8, 4) is 0 Å². The summed E-state index contributed by atoms with van der Waals surface area (Å²) in [6.07, 6.45) is -0.366. The quantitative estimate of drug-likeness (QED) is 0.807. The normalized spacial score (nSPS) is 19.1. The largest absolute Gasteiger partial charge is 0.465 e. The van der Waals surface area contributed by atoms with Crippen LogP contribution in [0.15, 0.2) is 30.3 Å². The Kier molecular flexibility index (Phi) is 3.27. The van der Waals surface area contributed by atoms with Crippen LogP contribution in [0.1, 0.15) is 16.8 Å². The van der Waals surface area contributed by atoms with E-state index in [1.165, 1.54) is 0 Å². The predicted octanol–water partition coefficient (Wildman–Crippen LogP) is 1.17. The lowest BCUT2D eigenvalue weighted by Crippen LogP contribution is -2.37. The van der Waals surface area contributed by atoms with E-state index in [9.17, 15) is 9.59 Å². The molecular formula is C12H14N2O3. The number of amides is 2. The number of hydrogen-bond donors (Lipinski definition) is 2. The first-order valence-electron chi connectivity index (χ1n) is 5.50. The van der Waals surface area contributed by atoms with Gasteiger partial charge < -0.3 is 15.3 Å². The van der Waals surface area contributed by atoms with Gasteiger partial charge in [-0.05, 0) is 18.6 Å². The fourth-order valence-electron chi connectivity index (χ4n) is 2.00. The molecule has 90 valence electrons. The lowest BCUT2D eigenvalue weighted by atomic mass is 10.2. The molecule has 1 aliphatic heterocycles. The van der Waals surface area contributed by atoms with Gasteiger partial charge in [0, 0.05) is 18.7 Å². The number of likely N-dealkylation sites (tertiary alicyclic amines) is 1. The maximum absolute atomic E-state index is 12.0. The van der Waals surface area contributed by atoms with Gasteiger partial charge in [-0.1, -0.05) is 18.2 Å². The SMILES string of the molecule is O=C(O)N[C@H]1CCN(C(=O)c2ccccc2)C1. The third-order valence-corrected chi connectivity index (χ3v) is 2.82. The van der Waals surface area contributed by atoms with Crippen LogP contribution < -0.4 is 5.32 Å².